The molecule has 16 heavy (non-hydrogen) atoms. The van der Waals surface area contributed by atoms with Gasteiger partial charge in [-0.1, -0.05) is 19.8 Å². The van der Waals surface area contributed by atoms with Crippen LogP contribution in [0.15, 0.2) is 11.4 Å². The predicted molar refractivity (Wildman–Crippen MR) is 69.2 cm³/mol. The molecule has 0 fully saturated rings. The van der Waals surface area contributed by atoms with Crippen LogP contribution in [0.4, 0.5) is 0 Å². The first-order valence-corrected chi connectivity index (χ1v) is 6.53. The lowest BCUT2D eigenvalue weighted by Gasteiger charge is -2.27. The molecule has 0 saturated carbocycles. The molecule has 4 N–H and O–H groups in total. The molecule has 0 saturated heterocycles. The molecular formula is C13H27N3. The van der Waals surface area contributed by atoms with Crippen LogP contribution >= 0.6 is 0 Å². The maximum absolute atomic E-state index is 6.16. The molecule has 0 heterocycles. The molecule has 0 aliphatic heterocycles. The van der Waals surface area contributed by atoms with Crippen molar-refractivity contribution in [3.8, 4) is 0 Å². The molecule has 94 valence electrons. The van der Waals surface area contributed by atoms with Crippen molar-refractivity contribution < 1.29 is 0 Å². The quantitative estimate of drug-likeness (QED) is 0.561. The lowest BCUT2D eigenvalue weighted by atomic mass is 9.99. The van der Waals surface area contributed by atoms with Crippen molar-refractivity contribution in [2.45, 2.75) is 65.3 Å². The van der Waals surface area contributed by atoms with Gasteiger partial charge in [0.25, 0.3) is 0 Å². The Morgan fingerprint density at radius 1 is 1.19 bits per heavy atom. The molecule has 0 aromatic carbocycles. The number of hydrogen-bond acceptors (Lipinski definition) is 3. The van der Waals surface area contributed by atoms with E-state index in [0.717, 1.165) is 24.5 Å². The number of hydrazine groups is 1. The van der Waals surface area contributed by atoms with E-state index >= 15 is 0 Å². The Bertz CT molecular complexity index is 246. The van der Waals surface area contributed by atoms with Gasteiger partial charge in [0.05, 0.1) is 0 Å². The summed E-state index contributed by atoms with van der Waals surface area (Å²) in [5.41, 5.74) is 8.34. The molecule has 3 heteroatoms. The van der Waals surface area contributed by atoms with Gasteiger partial charge in [-0.05, 0) is 45.4 Å². The first kappa shape index (κ1) is 13.4. The molecule has 0 radical (unpaired) electrons. The number of nitrogens with zero attached hydrogens (tertiary/aromatic N) is 1. The maximum Gasteiger partial charge on any atom is 0.0481 e. The second-order valence-corrected chi connectivity index (χ2v) is 5.36. The van der Waals surface area contributed by atoms with Gasteiger partial charge < -0.3 is 10.7 Å². The highest BCUT2D eigenvalue weighted by molar-refractivity contribution is 5.10. The number of hydrogen-bond donors (Lipinski definition) is 2. The molecule has 1 atom stereocenters. The zero-order valence-corrected chi connectivity index (χ0v) is 11.0. The summed E-state index contributed by atoms with van der Waals surface area (Å²) in [6, 6.07) is 0.326. The largest absolute Gasteiger partial charge is 0.401 e. The van der Waals surface area contributed by atoms with Gasteiger partial charge in [0.15, 0.2) is 0 Å². The van der Waals surface area contributed by atoms with Gasteiger partial charge in [-0.2, -0.15) is 0 Å². The van der Waals surface area contributed by atoms with Crippen LogP contribution < -0.4 is 11.6 Å². The third kappa shape index (κ3) is 3.71. The van der Waals surface area contributed by atoms with E-state index in [2.05, 4.69) is 20.8 Å². The molecule has 3 nitrogen and oxygen atoms in total. The third-order valence-corrected chi connectivity index (χ3v) is 3.49. The highest BCUT2D eigenvalue weighted by atomic mass is 15.4. The summed E-state index contributed by atoms with van der Waals surface area (Å²) in [4.78, 5) is 0. The van der Waals surface area contributed by atoms with Crippen molar-refractivity contribution in [1.82, 2.24) is 5.01 Å². The molecule has 1 aliphatic rings. The predicted octanol–water partition coefficient (Wildman–Crippen LogP) is 2.73. The van der Waals surface area contributed by atoms with Crippen LogP contribution in [-0.2, 0) is 0 Å². The smallest absolute Gasteiger partial charge is 0.0481 e. The molecule has 1 rings (SSSR count). The second kappa shape index (κ2) is 6.14. The summed E-state index contributed by atoms with van der Waals surface area (Å²) in [5.74, 6) is 6.91. The lowest BCUT2D eigenvalue weighted by molar-refractivity contribution is 0.276. The van der Waals surface area contributed by atoms with E-state index in [1.54, 1.807) is 0 Å². The average molecular weight is 225 g/mol. The van der Waals surface area contributed by atoms with Gasteiger partial charge in [0.2, 0.25) is 0 Å². The Balaban J connectivity index is 2.73. The monoisotopic (exact) mass is 225 g/mol. The van der Waals surface area contributed by atoms with Crippen molar-refractivity contribution in [3.05, 3.63) is 11.4 Å². The average Bonchev–Trinajstić information content (AvgIpc) is 2.29. The maximum atomic E-state index is 6.16. The van der Waals surface area contributed by atoms with E-state index in [1.165, 1.54) is 31.4 Å². The van der Waals surface area contributed by atoms with Gasteiger partial charge in [0, 0.05) is 17.4 Å². The minimum atomic E-state index is 0.326. The van der Waals surface area contributed by atoms with Crippen molar-refractivity contribution in [2.75, 3.05) is 0 Å². The topological polar surface area (TPSA) is 55.3 Å². The van der Waals surface area contributed by atoms with Gasteiger partial charge in [-0.25, -0.2) is 5.84 Å². The Kier molecular flexibility index (Phi) is 5.13. The number of rotatable bonds is 2. The van der Waals surface area contributed by atoms with Crippen LogP contribution in [0.25, 0.3) is 0 Å². The third-order valence-electron chi connectivity index (χ3n) is 3.49. The summed E-state index contributed by atoms with van der Waals surface area (Å²) in [5, 5.41) is 1.85. The fraction of sp³-hybridized carbons (Fsp3) is 0.846. The van der Waals surface area contributed by atoms with E-state index in [9.17, 15) is 0 Å². The minimum Gasteiger partial charge on any atom is -0.401 e. The molecule has 1 unspecified atom stereocenters. The van der Waals surface area contributed by atoms with Crippen molar-refractivity contribution >= 4 is 0 Å². The fourth-order valence-corrected chi connectivity index (χ4v) is 2.31. The van der Waals surface area contributed by atoms with E-state index < -0.39 is 0 Å². The van der Waals surface area contributed by atoms with Gasteiger partial charge in [-0.15, -0.1) is 0 Å². The Hall–Kier alpha value is -0.700. The van der Waals surface area contributed by atoms with Crippen molar-refractivity contribution in [1.29, 1.82) is 0 Å². The Labute approximate surface area is 99.8 Å². The Morgan fingerprint density at radius 3 is 2.31 bits per heavy atom. The van der Waals surface area contributed by atoms with E-state index in [0.29, 0.717) is 6.04 Å². The summed E-state index contributed by atoms with van der Waals surface area (Å²) < 4.78 is 0. The van der Waals surface area contributed by atoms with Crippen molar-refractivity contribution in [3.63, 3.8) is 0 Å². The standard InChI is InChI=1S/C13H27N3/c1-10(2)16(15)13-9-5-7-11(3)6-4-8-12(13)14/h10-11H,4-9,14-15H2,1-3H3/b13-12-. The van der Waals surface area contributed by atoms with Crippen LogP contribution in [0, 0.1) is 5.92 Å². The highest BCUT2D eigenvalue weighted by Crippen LogP contribution is 2.25. The van der Waals surface area contributed by atoms with E-state index in [-0.39, 0.29) is 0 Å². The highest BCUT2D eigenvalue weighted by Gasteiger charge is 2.15. The van der Waals surface area contributed by atoms with Crippen LogP contribution in [0.1, 0.15) is 59.3 Å². The molecule has 0 amide bonds. The molecule has 0 aromatic rings. The first-order chi connectivity index (χ1) is 7.52. The molecule has 1 aliphatic carbocycles. The lowest BCUT2D eigenvalue weighted by Crippen LogP contribution is -2.38. The van der Waals surface area contributed by atoms with Crippen LogP contribution in [0.5, 0.6) is 0 Å². The molecule has 0 aromatic heterocycles. The SMILES string of the molecule is CC1CCC/C(N)=C(/N(N)C(C)C)CCC1. The van der Waals surface area contributed by atoms with Gasteiger partial charge in [-0.3, -0.25) is 0 Å². The number of allylic oxidation sites excluding steroid dienone is 2. The Morgan fingerprint density at radius 2 is 1.75 bits per heavy atom. The summed E-state index contributed by atoms with van der Waals surface area (Å²) >= 11 is 0. The second-order valence-electron chi connectivity index (χ2n) is 5.36. The van der Waals surface area contributed by atoms with Gasteiger partial charge >= 0.3 is 0 Å². The number of nitrogens with two attached hydrogens (primary N) is 2. The normalized spacial score (nSPS) is 28.4. The molecule has 0 spiro atoms. The van der Waals surface area contributed by atoms with Crippen LogP contribution in [0.2, 0.25) is 0 Å². The minimum absolute atomic E-state index is 0.326. The zero-order valence-electron chi connectivity index (χ0n) is 11.0. The fourth-order valence-electron chi connectivity index (χ4n) is 2.31. The molecular weight excluding hydrogens is 198 g/mol. The first-order valence-electron chi connectivity index (χ1n) is 6.53. The zero-order chi connectivity index (χ0) is 12.1. The van der Waals surface area contributed by atoms with E-state index in [1.807, 2.05) is 5.01 Å². The van der Waals surface area contributed by atoms with Crippen LogP contribution in [0.3, 0.4) is 0 Å². The summed E-state index contributed by atoms with van der Waals surface area (Å²) in [6.07, 6.45) is 7.02. The summed E-state index contributed by atoms with van der Waals surface area (Å²) in [7, 11) is 0. The van der Waals surface area contributed by atoms with E-state index in [4.69, 9.17) is 11.6 Å². The van der Waals surface area contributed by atoms with Crippen LogP contribution in [-0.4, -0.2) is 11.1 Å². The molecule has 0 bridgehead atoms. The van der Waals surface area contributed by atoms with Gasteiger partial charge in [0.1, 0.15) is 0 Å². The van der Waals surface area contributed by atoms with Crippen molar-refractivity contribution in [2.24, 2.45) is 17.5 Å². The summed E-state index contributed by atoms with van der Waals surface area (Å²) in [6.45, 7) is 6.55.